The van der Waals surface area contributed by atoms with Crippen molar-refractivity contribution in [3.05, 3.63) is 21.9 Å². The van der Waals surface area contributed by atoms with E-state index in [1.807, 2.05) is 20.8 Å². The molecule has 0 aliphatic rings. The molecule has 6 heteroatoms. The van der Waals surface area contributed by atoms with Crippen LogP contribution in [0.15, 0.2) is 12.1 Å². The highest BCUT2D eigenvalue weighted by molar-refractivity contribution is 7.14. The van der Waals surface area contributed by atoms with Gasteiger partial charge in [-0.25, -0.2) is 9.59 Å². The molecule has 0 fully saturated rings. The summed E-state index contributed by atoms with van der Waals surface area (Å²) in [6.07, 6.45) is 0.0568. The van der Waals surface area contributed by atoms with E-state index in [0.29, 0.717) is 24.4 Å². The zero-order valence-electron chi connectivity index (χ0n) is 13.3. The number of carbonyl (C=O) groups excluding carboxylic acids is 2. The number of alkyl carbamates (subject to hydrolysis) is 1. The first-order chi connectivity index (χ1) is 10.3. The molecule has 0 radical (unpaired) electrons. The van der Waals surface area contributed by atoms with Gasteiger partial charge < -0.3 is 14.8 Å². The molecule has 0 aliphatic heterocycles. The summed E-state index contributed by atoms with van der Waals surface area (Å²) < 4.78 is 10.0. The van der Waals surface area contributed by atoms with Crippen LogP contribution < -0.4 is 5.32 Å². The van der Waals surface area contributed by atoms with Crippen molar-refractivity contribution in [1.29, 1.82) is 0 Å². The molecule has 0 bridgehead atoms. The van der Waals surface area contributed by atoms with E-state index in [1.165, 1.54) is 11.3 Å². The third-order valence-electron chi connectivity index (χ3n) is 2.21. The second kappa shape index (κ2) is 8.44. The van der Waals surface area contributed by atoms with E-state index in [2.05, 4.69) is 17.2 Å². The first kappa shape index (κ1) is 18.1. The number of carbonyl (C=O) groups is 2. The van der Waals surface area contributed by atoms with Crippen LogP contribution in [0.1, 0.15) is 48.7 Å². The van der Waals surface area contributed by atoms with Crippen molar-refractivity contribution >= 4 is 23.4 Å². The van der Waals surface area contributed by atoms with Gasteiger partial charge in [-0.05, 0) is 39.8 Å². The average molecular weight is 323 g/mol. The maximum absolute atomic E-state index is 11.5. The minimum atomic E-state index is -0.504. The lowest BCUT2D eigenvalue weighted by Crippen LogP contribution is -2.32. The molecule has 1 N–H and O–H groups in total. The Labute approximate surface area is 135 Å². The van der Waals surface area contributed by atoms with Crippen LogP contribution in [0, 0.1) is 11.8 Å². The Morgan fingerprint density at radius 2 is 2.05 bits per heavy atom. The van der Waals surface area contributed by atoms with Gasteiger partial charge >= 0.3 is 12.1 Å². The summed E-state index contributed by atoms with van der Waals surface area (Å²) in [5, 5.41) is 2.63. The van der Waals surface area contributed by atoms with Gasteiger partial charge in [0.05, 0.1) is 11.5 Å². The highest BCUT2D eigenvalue weighted by atomic mass is 32.1. The summed E-state index contributed by atoms with van der Waals surface area (Å²) >= 11 is 1.29. The maximum atomic E-state index is 11.5. The summed E-state index contributed by atoms with van der Waals surface area (Å²) in [7, 11) is 0. The standard InChI is InChI=1S/C16H21NO4S/c1-5-20-14(18)13-10-9-12(22-13)8-6-7-11-17-15(19)21-16(2,3)4/h9-10H,5,7,11H2,1-4H3,(H,17,19). The van der Waals surface area contributed by atoms with E-state index in [9.17, 15) is 9.59 Å². The average Bonchev–Trinajstić information content (AvgIpc) is 2.85. The Morgan fingerprint density at radius 1 is 1.32 bits per heavy atom. The zero-order chi connectivity index (χ0) is 16.6. The number of ether oxygens (including phenoxy) is 2. The number of rotatable bonds is 4. The van der Waals surface area contributed by atoms with Gasteiger partial charge in [-0.3, -0.25) is 0 Å². The van der Waals surface area contributed by atoms with Gasteiger partial charge in [-0.2, -0.15) is 0 Å². The molecule has 0 aromatic carbocycles. The lowest BCUT2D eigenvalue weighted by Gasteiger charge is -2.19. The van der Waals surface area contributed by atoms with E-state index in [1.54, 1.807) is 19.1 Å². The highest BCUT2D eigenvalue weighted by Gasteiger charge is 2.15. The molecule has 120 valence electrons. The van der Waals surface area contributed by atoms with Crippen LogP contribution in [0.25, 0.3) is 0 Å². The molecule has 1 rings (SSSR count). The van der Waals surface area contributed by atoms with Crippen molar-refractivity contribution < 1.29 is 19.1 Å². The summed E-state index contributed by atoms with van der Waals surface area (Å²) in [5.74, 6) is 5.57. The van der Waals surface area contributed by atoms with Crippen LogP contribution >= 0.6 is 11.3 Å². The quantitative estimate of drug-likeness (QED) is 0.525. The minimum Gasteiger partial charge on any atom is -0.462 e. The molecular weight excluding hydrogens is 302 g/mol. The fraction of sp³-hybridized carbons (Fsp3) is 0.500. The summed E-state index contributed by atoms with van der Waals surface area (Å²) in [6.45, 7) is 7.97. The van der Waals surface area contributed by atoms with Crippen molar-refractivity contribution in [1.82, 2.24) is 5.32 Å². The van der Waals surface area contributed by atoms with Crippen LogP contribution in [-0.4, -0.2) is 30.8 Å². The Hall–Kier alpha value is -2.00. The van der Waals surface area contributed by atoms with E-state index >= 15 is 0 Å². The van der Waals surface area contributed by atoms with E-state index in [0.717, 1.165) is 4.88 Å². The maximum Gasteiger partial charge on any atom is 0.407 e. The molecule has 0 unspecified atom stereocenters. The number of hydrogen-bond donors (Lipinski definition) is 1. The highest BCUT2D eigenvalue weighted by Crippen LogP contribution is 2.16. The molecule has 0 saturated carbocycles. The number of thiophene rings is 1. The third-order valence-corrected chi connectivity index (χ3v) is 3.19. The van der Waals surface area contributed by atoms with Gasteiger partial charge in [-0.15, -0.1) is 11.3 Å². The Bertz CT molecular complexity index is 575. The molecule has 5 nitrogen and oxygen atoms in total. The first-order valence-electron chi connectivity index (χ1n) is 7.04. The van der Waals surface area contributed by atoms with Crippen molar-refractivity contribution in [2.45, 2.75) is 39.7 Å². The molecule has 0 saturated heterocycles. The van der Waals surface area contributed by atoms with Crippen LogP contribution in [0.3, 0.4) is 0 Å². The molecule has 1 heterocycles. The van der Waals surface area contributed by atoms with Crippen molar-refractivity contribution in [2.75, 3.05) is 13.2 Å². The van der Waals surface area contributed by atoms with Crippen LogP contribution in [0.2, 0.25) is 0 Å². The molecule has 1 aromatic rings. The lowest BCUT2D eigenvalue weighted by atomic mass is 10.2. The Kier molecular flexibility index (Phi) is 6.93. The predicted octanol–water partition coefficient (Wildman–Crippen LogP) is 3.19. The van der Waals surface area contributed by atoms with Gasteiger partial charge in [-0.1, -0.05) is 11.8 Å². The second-order valence-corrected chi connectivity index (χ2v) is 6.45. The predicted molar refractivity (Wildman–Crippen MR) is 86.0 cm³/mol. The fourth-order valence-electron chi connectivity index (χ4n) is 1.41. The minimum absolute atomic E-state index is 0.327. The fourth-order valence-corrected chi connectivity index (χ4v) is 2.18. The monoisotopic (exact) mass is 323 g/mol. The van der Waals surface area contributed by atoms with E-state index < -0.39 is 11.7 Å². The van der Waals surface area contributed by atoms with Crippen molar-refractivity contribution in [3.63, 3.8) is 0 Å². The normalized spacial score (nSPS) is 10.4. The van der Waals surface area contributed by atoms with Crippen LogP contribution in [0.5, 0.6) is 0 Å². The molecule has 22 heavy (non-hydrogen) atoms. The van der Waals surface area contributed by atoms with E-state index in [-0.39, 0.29) is 5.97 Å². The molecular formula is C16H21NO4S. The van der Waals surface area contributed by atoms with Gasteiger partial charge in [0.15, 0.2) is 0 Å². The Balaban J connectivity index is 2.36. The molecule has 0 spiro atoms. The number of nitrogens with one attached hydrogen (secondary N) is 1. The third kappa shape index (κ3) is 7.14. The van der Waals surface area contributed by atoms with Crippen molar-refractivity contribution in [3.8, 4) is 11.8 Å². The molecule has 0 aliphatic carbocycles. The smallest absolute Gasteiger partial charge is 0.407 e. The molecule has 1 aromatic heterocycles. The largest absolute Gasteiger partial charge is 0.462 e. The van der Waals surface area contributed by atoms with E-state index in [4.69, 9.17) is 9.47 Å². The van der Waals surface area contributed by atoms with Gasteiger partial charge in [0.1, 0.15) is 10.5 Å². The van der Waals surface area contributed by atoms with Gasteiger partial charge in [0.25, 0.3) is 0 Å². The summed E-state index contributed by atoms with van der Waals surface area (Å²) in [6, 6.07) is 3.48. The van der Waals surface area contributed by atoms with Gasteiger partial charge in [0.2, 0.25) is 0 Å². The zero-order valence-corrected chi connectivity index (χ0v) is 14.1. The number of hydrogen-bond acceptors (Lipinski definition) is 5. The lowest BCUT2D eigenvalue weighted by molar-refractivity contribution is 0.0520. The summed E-state index contributed by atoms with van der Waals surface area (Å²) in [5.41, 5.74) is -0.504. The topological polar surface area (TPSA) is 64.6 Å². The van der Waals surface area contributed by atoms with Crippen molar-refractivity contribution in [2.24, 2.45) is 0 Å². The molecule has 1 amide bonds. The first-order valence-corrected chi connectivity index (χ1v) is 7.86. The van der Waals surface area contributed by atoms with Crippen LogP contribution in [0.4, 0.5) is 4.79 Å². The summed E-state index contributed by atoms with van der Waals surface area (Å²) in [4.78, 5) is 24.2. The number of amides is 1. The Morgan fingerprint density at radius 3 is 2.68 bits per heavy atom. The number of esters is 1. The van der Waals surface area contributed by atoms with Crippen LogP contribution in [-0.2, 0) is 9.47 Å². The molecule has 0 atom stereocenters. The van der Waals surface area contributed by atoms with Gasteiger partial charge in [0, 0.05) is 13.0 Å². The second-order valence-electron chi connectivity index (χ2n) is 5.36. The SMILES string of the molecule is CCOC(=O)c1ccc(C#CCCNC(=O)OC(C)(C)C)s1.